The van der Waals surface area contributed by atoms with Crippen LogP contribution in [0.15, 0.2) is 42.6 Å². The molecule has 0 spiro atoms. The molecular weight excluding hydrogens is 220 g/mol. The van der Waals surface area contributed by atoms with Crippen LogP contribution in [-0.2, 0) is 5.88 Å². The van der Waals surface area contributed by atoms with E-state index in [9.17, 15) is 0 Å². The van der Waals surface area contributed by atoms with Gasteiger partial charge in [-0.15, -0.1) is 11.6 Å². The molecule has 2 aromatic rings. The van der Waals surface area contributed by atoms with Gasteiger partial charge in [0, 0.05) is 17.8 Å². The molecule has 0 aliphatic heterocycles. The number of nitrogens with one attached hydrogen (secondary N) is 1. The van der Waals surface area contributed by atoms with Crippen molar-refractivity contribution in [2.75, 3.05) is 5.32 Å². The Morgan fingerprint density at radius 1 is 1.19 bits per heavy atom. The number of hydrogen-bond donors (Lipinski definition) is 1. The van der Waals surface area contributed by atoms with Crippen molar-refractivity contribution in [3.63, 3.8) is 0 Å². The van der Waals surface area contributed by atoms with Crippen molar-refractivity contribution >= 4 is 23.1 Å². The van der Waals surface area contributed by atoms with Crippen LogP contribution in [0.3, 0.4) is 0 Å². The largest absolute Gasteiger partial charge is 0.340 e. The molecule has 1 heterocycles. The fourth-order valence-electron chi connectivity index (χ4n) is 1.50. The van der Waals surface area contributed by atoms with Gasteiger partial charge in [0.2, 0.25) is 0 Å². The Morgan fingerprint density at radius 3 is 2.75 bits per heavy atom. The van der Waals surface area contributed by atoms with Gasteiger partial charge in [-0.25, -0.2) is 4.98 Å². The number of pyridine rings is 1. The Balaban J connectivity index is 2.30. The SMILES string of the molecule is Cc1cccnc1Nc1ccccc1CCl. The molecule has 3 heteroatoms. The number of nitrogens with zero attached hydrogens (tertiary/aromatic N) is 1. The molecule has 2 nitrogen and oxygen atoms in total. The summed E-state index contributed by atoms with van der Waals surface area (Å²) in [4.78, 5) is 4.29. The summed E-state index contributed by atoms with van der Waals surface area (Å²) in [5, 5.41) is 3.30. The molecule has 16 heavy (non-hydrogen) atoms. The van der Waals surface area contributed by atoms with Gasteiger partial charge in [-0.3, -0.25) is 0 Å². The van der Waals surface area contributed by atoms with Crippen molar-refractivity contribution in [1.29, 1.82) is 0 Å². The van der Waals surface area contributed by atoms with Crippen molar-refractivity contribution in [2.24, 2.45) is 0 Å². The predicted octanol–water partition coefficient (Wildman–Crippen LogP) is 3.87. The fraction of sp³-hybridized carbons (Fsp3) is 0.154. The Bertz CT molecular complexity index is 483. The van der Waals surface area contributed by atoms with Crippen molar-refractivity contribution in [1.82, 2.24) is 4.98 Å². The van der Waals surface area contributed by atoms with Crippen LogP contribution in [0.1, 0.15) is 11.1 Å². The quantitative estimate of drug-likeness (QED) is 0.813. The zero-order chi connectivity index (χ0) is 11.4. The lowest BCUT2D eigenvalue weighted by molar-refractivity contribution is 1.24. The highest BCUT2D eigenvalue weighted by Crippen LogP contribution is 2.22. The third-order valence-corrected chi connectivity index (χ3v) is 2.71. The number of alkyl halides is 1. The minimum Gasteiger partial charge on any atom is -0.340 e. The number of hydrogen-bond acceptors (Lipinski definition) is 2. The lowest BCUT2D eigenvalue weighted by atomic mass is 10.2. The summed E-state index contributed by atoms with van der Waals surface area (Å²) in [5.74, 6) is 1.37. The molecule has 0 aliphatic rings. The van der Waals surface area contributed by atoms with E-state index in [2.05, 4.69) is 10.3 Å². The van der Waals surface area contributed by atoms with E-state index in [1.807, 2.05) is 43.3 Å². The average Bonchev–Trinajstić information content (AvgIpc) is 2.33. The van der Waals surface area contributed by atoms with E-state index in [1.165, 1.54) is 0 Å². The van der Waals surface area contributed by atoms with Crippen LogP contribution in [0.5, 0.6) is 0 Å². The van der Waals surface area contributed by atoms with Crippen LogP contribution in [-0.4, -0.2) is 4.98 Å². The minimum absolute atomic E-state index is 0.495. The van der Waals surface area contributed by atoms with Gasteiger partial charge in [0.15, 0.2) is 0 Å². The molecule has 0 bridgehead atoms. The molecule has 0 fully saturated rings. The van der Waals surface area contributed by atoms with Gasteiger partial charge in [0.1, 0.15) is 5.82 Å². The number of benzene rings is 1. The molecule has 0 radical (unpaired) electrons. The standard InChI is InChI=1S/C13H13ClN2/c1-10-5-4-8-15-13(10)16-12-7-3-2-6-11(12)9-14/h2-8H,9H2,1H3,(H,15,16). The fourth-order valence-corrected chi connectivity index (χ4v) is 1.74. The molecule has 2 rings (SSSR count). The molecule has 1 N–H and O–H groups in total. The monoisotopic (exact) mass is 232 g/mol. The van der Waals surface area contributed by atoms with Crippen LogP contribution in [0.4, 0.5) is 11.5 Å². The molecule has 0 aliphatic carbocycles. The predicted molar refractivity (Wildman–Crippen MR) is 68.3 cm³/mol. The third kappa shape index (κ3) is 2.34. The first-order valence-electron chi connectivity index (χ1n) is 5.14. The molecule has 0 unspecified atom stereocenters. The van der Waals surface area contributed by atoms with Gasteiger partial charge in [-0.2, -0.15) is 0 Å². The maximum absolute atomic E-state index is 5.88. The summed E-state index contributed by atoms with van der Waals surface area (Å²) < 4.78 is 0. The van der Waals surface area contributed by atoms with Gasteiger partial charge in [0.05, 0.1) is 0 Å². The highest BCUT2D eigenvalue weighted by molar-refractivity contribution is 6.17. The normalized spacial score (nSPS) is 10.1. The smallest absolute Gasteiger partial charge is 0.133 e. The van der Waals surface area contributed by atoms with Crippen molar-refractivity contribution in [3.05, 3.63) is 53.7 Å². The summed E-state index contributed by atoms with van der Waals surface area (Å²) in [6.07, 6.45) is 1.78. The van der Waals surface area contributed by atoms with Gasteiger partial charge in [-0.05, 0) is 30.2 Å². The van der Waals surface area contributed by atoms with Crippen molar-refractivity contribution < 1.29 is 0 Å². The molecule has 0 saturated heterocycles. The van der Waals surface area contributed by atoms with E-state index in [4.69, 9.17) is 11.6 Å². The number of aryl methyl sites for hydroxylation is 1. The number of aromatic nitrogens is 1. The minimum atomic E-state index is 0.495. The Hall–Kier alpha value is -1.54. The summed E-state index contributed by atoms with van der Waals surface area (Å²) in [6.45, 7) is 2.03. The third-order valence-electron chi connectivity index (χ3n) is 2.42. The molecular formula is C13H13ClN2. The first kappa shape index (κ1) is 11.0. The van der Waals surface area contributed by atoms with E-state index in [0.717, 1.165) is 22.6 Å². The topological polar surface area (TPSA) is 24.9 Å². The van der Waals surface area contributed by atoms with Crippen LogP contribution in [0.25, 0.3) is 0 Å². The van der Waals surface area contributed by atoms with E-state index in [0.29, 0.717) is 5.88 Å². The summed E-state index contributed by atoms with van der Waals surface area (Å²) >= 11 is 5.88. The van der Waals surface area contributed by atoms with Gasteiger partial charge < -0.3 is 5.32 Å². The Labute approximate surface area is 100 Å². The average molecular weight is 233 g/mol. The first-order chi connectivity index (χ1) is 7.81. The Kier molecular flexibility index (Phi) is 3.42. The van der Waals surface area contributed by atoms with Crippen molar-refractivity contribution in [3.8, 4) is 0 Å². The van der Waals surface area contributed by atoms with Crippen LogP contribution < -0.4 is 5.32 Å². The van der Waals surface area contributed by atoms with Gasteiger partial charge in [0.25, 0.3) is 0 Å². The summed E-state index contributed by atoms with van der Waals surface area (Å²) in [7, 11) is 0. The second-order valence-electron chi connectivity index (χ2n) is 3.58. The number of para-hydroxylation sites is 1. The van der Waals surface area contributed by atoms with Gasteiger partial charge >= 0.3 is 0 Å². The second kappa shape index (κ2) is 4.99. The zero-order valence-corrected chi connectivity index (χ0v) is 9.83. The summed E-state index contributed by atoms with van der Waals surface area (Å²) in [6, 6.07) is 11.9. The molecule has 0 amide bonds. The molecule has 1 aromatic heterocycles. The molecule has 82 valence electrons. The van der Waals surface area contributed by atoms with Crippen molar-refractivity contribution in [2.45, 2.75) is 12.8 Å². The van der Waals surface area contributed by atoms with Crippen LogP contribution in [0.2, 0.25) is 0 Å². The molecule has 1 aromatic carbocycles. The molecule has 0 atom stereocenters. The van der Waals surface area contributed by atoms with E-state index >= 15 is 0 Å². The lowest BCUT2D eigenvalue weighted by Crippen LogP contribution is -1.98. The van der Waals surface area contributed by atoms with Gasteiger partial charge in [-0.1, -0.05) is 24.3 Å². The number of rotatable bonds is 3. The van der Waals surface area contributed by atoms with Crippen LogP contribution in [0, 0.1) is 6.92 Å². The maximum atomic E-state index is 5.88. The Morgan fingerprint density at radius 2 is 2.00 bits per heavy atom. The number of anilines is 2. The van der Waals surface area contributed by atoms with Crippen LogP contribution >= 0.6 is 11.6 Å². The highest BCUT2D eigenvalue weighted by Gasteiger charge is 2.03. The van der Waals surface area contributed by atoms with E-state index < -0.39 is 0 Å². The van der Waals surface area contributed by atoms with E-state index in [1.54, 1.807) is 6.20 Å². The maximum Gasteiger partial charge on any atom is 0.133 e. The lowest BCUT2D eigenvalue weighted by Gasteiger charge is -2.11. The number of halogens is 1. The first-order valence-corrected chi connectivity index (χ1v) is 5.67. The summed E-state index contributed by atoms with van der Waals surface area (Å²) in [5.41, 5.74) is 3.21. The highest BCUT2D eigenvalue weighted by atomic mass is 35.5. The zero-order valence-electron chi connectivity index (χ0n) is 9.07. The van der Waals surface area contributed by atoms with E-state index in [-0.39, 0.29) is 0 Å². The molecule has 0 saturated carbocycles. The second-order valence-corrected chi connectivity index (χ2v) is 3.85.